The molecule has 7 heteroatoms. The van der Waals surface area contributed by atoms with Gasteiger partial charge in [0.2, 0.25) is 0 Å². The lowest BCUT2D eigenvalue weighted by atomic mass is 9.99. The van der Waals surface area contributed by atoms with E-state index in [1.54, 1.807) is 11.1 Å². The molecule has 2 aliphatic rings. The highest BCUT2D eigenvalue weighted by Crippen LogP contribution is 2.36. The highest BCUT2D eigenvalue weighted by Gasteiger charge is 2.35. The lowest BCUT2D eigenvalue weighted by molar-refractivity contribution is 0.0764. The minimum atomic E-state index is -0.567. The normalized spacial score (nSPS) is 21.3. The third-order valence-electron chi connectivity index (χ3n) is 6.42. The first-order valence-corrected chi connectivity index (χ1v) is 10.8. The highest BCUT2D eigenvalue weighted by molar-refractivity contribution is 5.96. The summed E-state index contributed by atoms with van der Waals surface area (Å²) in [7, 11) is 0. The quantitative estimate of drug-likeness (QED) is 0.556. The second kappa shape index (κ2) is 7.13. The van der Waals surface area contributed by atoms with E-state index in [9.17, 15) is 9.90 Å². The summed E-state index contributed by atoms with van der Waals surface area (Å²) < 4.78 is 2.09. The summed E-state index contributed by atoms with van der Waals surface area (Å²) in [6, 6.07) is 14.4. The highest BCUT2D eigenvalue weighted by atomic mass is 16.3. The molecule has 2 fully saturated rings. The molecular weight excluding hydrogens is 390 g/mol. The van der Waals surface area contributed by atoms with E-state index in [1.807, 2.05) is 42.7 Å². The van der Waals surface area contributed by atoms with Crippen molar-refractivity contribution in [1.82, 2.24) is 24.4 Å². The van der Waals surface area contributed by atoms with Gasteiger partial charge in [-0.3, -0.25) is 9.78 Å². The molecule has 1 aliphatic heterocycles. The molecule has 0 unspecified atom stereocenters. The number of aromatic nitrogens is 4. The largest absolute Gasteiger partial charge is 0.391 e. The van der Waals surface area contributed by atoms with Crippen LogP contribution in [0.4, 0.5) is 0 Å². The number of para-hydroxylation sites is 1. The average Bonchev–Trinajstić information content (AvgIpc) is 3.45. The molecule has 7 nitrogen and oxygen atoms in total. The minimum absolute atomic E-state index is 0.0385. The monoisotopic (exact) mass is 413 g/mol. The zero-order chi connectivity index (χ0) is 20.9. The Kier molecular flexibility index (Phi) is 4.24. The summed E-state index contributed by atoms with van der Waals surface area (Å²) in [5, 5.41) is 11.7. The molecule has 1 aliphatic carbocycles. The number of pyridine rings is 2. The van der Waals surface area contributed by atoms with Crippen molar-refractivity contribution in [1.29, 1.82) is 0 Å². The number of nitrogens with zero attached hydrogens (tertiary/aromatic N) is 5. The number of aliphatic hydroxyl groups excluding tert-OH is 1. The maximum absolute atomic E-state index is 13.1. The maximum Gasteiger partial charge on any atom is 0.255 e. The van der Waals surface area contributed by atoms with Gasteiger partial charge in [-0.25, -0.2) is 9.97 Å². The summed E-state index contributed by atoms with van der Waals surface area (Å²) >= 11 is 0. The van der Waals surface area contributed by atoms with E-state index in [0.717, 1.165) is 40.6 Å². The van der Waals surface area contributed by atoms with Crippen molar-refractivity contribution in [3.63, 3.8) is 0 Å². The van der Waals surface area contributed by atoms with E-state index in [0.29, 0.717) is 31.1 Å². The van der Waals surface area contributed by atoms with Gasteiger partial charge in [0, 0.05) is 42.3 Å². The number of benzene rings is 1. The maximum atomic E-state index is 13.1. The fourth-order valence-electron chi connectivity index (χ4n) is 4.55. The van der Waals surface area contributed by atoms with Crippen LogP contribution in [0.25, 0.3) is 22.1 Å². The van der Waals surface area contributed by atoms with Gasteiger partial charge in [0.25, 0.3) is 5.91 Å². The molecule has 1 aromatic carbocycles. The molecule has 31 heavy (non-hydrogen) atoms. The van der Waals surface area contributed by atoms with Gasteiger partial charge in [-0.15, -0.1) is 0 Å². The Morgan fingerprint density at radius 2 is 1.94 bits per heavy atom. The summed E-state index contributed by atoms with van der Waals surface area (Å²) in [5.74, 6) is -0.147. The molecule has 156 valence electrons. The Bertz CT molecular complexity index is 1300. The predicted molar refractivity (Wildman–Crippen MR) is 117 cm³/mol. The number of fused-ring (bicyclic) bond motifs is 2. The fraction of sp³-hybridized carbons (Fsp3) is 0.333. The van der Waals surface area contributed by atoms with Crippen LogP contribution in [0.1, 0.15) is 34.9 Å². The van der Waals surface area contributed by atoms with Crippen LogP contribution in [0.15, 0.2) is 55.0 Å². The number of likely N-dealkylation sites (tertiary alicyclic amines) is 1. The molecule has 1 saturated heterocycles. The molecule has 3 aromatic heterocycles. The van der Waals surface area contributed by atoms with Crippen molar-refractivity contribution in [2.75, 3.05) is 13.1 Å². The molecule has 4 heterocycles. The molecule has 1 amide bonds. The van der Waals surface area contributed by atoms with Gasteiger partial charge < -0.3 is 14.6 Å². The number of hydrogen-bond donors (Lipinski definition) is 1. The summed E-state index contributed by atoms with van der Waals surface area (Å²) in [5.41, 5.74) is 3.98. The third-order valence-corrected chi connectivity index (χ3v) is 6.42. The molecule has 2 atom stereocenters. The van der Waals surface area contributed by atoms with Crippen LogP contribution in [-0.2, 0) is 6.42 Å². The van der Waals surface area contributed by atoms with Crippen LogP contribution in [-0.4, -0.2) is 54.6 Å². The first kappa shape index (κ1) is 18.4. The third kappa shape index (κ3) is 3.35. The number of β-amino-alcohol motifs (C(OH)–C–C–N with tert-alkyl or cyclic N) is 1. The van der Waals surface area contributed by atoms with E-state index in [2.05, 4.69) is 20.6 Å². The molecule has 1 saturated carbocycles. The van der Waals surface area contributed by atoms with Crippen LogP contribution < -0.4 is 0 Å². The standard InChI is InChI=1S/C24H23N5O2/c30-22-13-28(12-17(22)9-18-6-5-15-3-1-2-4-20(15)27-18)24(31)16-10-21-23(25-11-16)29(14-26-21)19-7-8-19/h1-6,10-11,14,17,19,22,30H,7-9,12-13H2/t17-,22-/m1/s1. The lowest BCUT2D eigenvalue weighted by Crippen LogP contribution is -2.29. The fourth-order valence-corrected chi connectivity index (χ4v) is 4.55. The summed E-state index contributed by atoms with van der Waals surface area (Å²) in [6.07, 6.45) is 5.84. The van der Waals surface area contributed by atoms with E-state index in [4.69, 9.17) is 4.98 Å². The molecule has 1 N–H and O–H groups in total. The van der Waals surface area contributed by atoms with E-state index in [-0.39, 0.29) is 11.8 Å². The van der Waals surface area contributed by atoms with E-state index < -0.39 is 6.10 Å². The molecular formula is C24H23N5O2. The Hall–Kier alpha value is -3.32. The number of rotatable bonds is 4. The van der Waals surface area contributed by atoms with Crippen molar-refractivity contribution >= 4 is 28.0 Å². The minimum Gasteiger partial charge on any atom is -0.391 e. The topological polar surface area (TPSA) is 84.1 Å². The number of carbonyl (C=O) groups is 1. The molecule has 0 bridgehead atoms. The van der Waals surface area contributed by atoms with Crippen LogP contribution in [0, 0.1) is 5.92 Å². The van der Waals surface area contributed by atoms with Crippen LogP contribution in [0.3, 0.4) is 0 Å². The number of hydrogen-bond acceptors (Lipinski definition) is 5. The van der Waals surface area contributed by atoms with Gasteiger partial charge in [0.15, 0.2) is 5.65 Å². The van der Waals surface area contributed by atoms with Gasteiger partial charge >= 0.3 is 0 Å². The van der Waals surface area contributed by atoms with Crippen LogP contribution >= 0.6 is 0 Å². The van der Waals surface area contributed by atoms with Crippen LogP contribution in [0.5, 0.6) is 0 Å². The van der Waals surface area contributed by atoms with Crippen molar-refractivity contribution < 1.29 is 9.90 Å². The van der Waals surface area contributed by atoms with Gasteiger partial charge in [-0.2, -0.15) is 0 Å². The zero-order valence-corrected chi connectivity index (χ0v) is 17.1. The Morgan fingerprint density at radius 1 is 1.06 bits per heavy atom. The number of aliphatic hydroxyl groups is 1. The van der Waals surface area contributed by atoms with E-state index in [1.165, 1.54) is 0 Å². The Labute approximate surface area is 179 Å². The smallest absolute Gasteiger partial charge is 0.255 e. The number of carbonyl (C=O) groups excluding carboxylic acids is 1. The van der Waals surface area contributed by atoms with Crippen molar-refractivity contribution in [3.05, 3.63) is 66.2 Å². The van der Waals surface area contributed by atoms with Crippen molar-refractivity contribution in [2.24, 2.45) is 5.92 Å². The molecule has 0 spiro atoms. The van der Waals surface area contributed by atoms with Gasteiger partial charge in [-0.05, 0) is 37.5 Å². The predicted octanol–water partition coefficient (Wildman–Crippen LogP) is 2.99. The van der Waals surface area contributed by atoms with Gasteiger partial charge in [-0.1, -0.05) is 24.3 Å². The summed E-state index contributed by atoms with van der Waals surface area (Å²) in [4.78, 5) is 28.5. The lowest BCUT2D eigenvalue weighted by Gasteiger charge is -2.16. The summed E-state index contributed by atoms with van der Waals surface area (Å²) in [6.45, 7) is 0.828. The average molecular weight is 413 g/mol. The van der Waals surface area contributed by atoms with Crippen LogP contribution in [0.2, 0.25) is 0 Å². The number of amides is 1. The Morgan fingerprint density at radius 3 is 2.81 bits per heavy atom. The molecule has 0 radical (unpaired) electrons. The molecule has 6 rings (SSSR count). The van der Waals surface area contributed by atoms with Crippen molar-refractivity contribution in [2.45, 2.75) is 31.4 Å². The molecule has 4 aromatic rings. The van der Waals surface area contributed by atoms with E-state index >= 15 is 0 Å². The number of imidazole rings is 1. The second-order valence-corrected chi connectivity index (χ2v) is 8.69. The zero-order valence-electron chi connectivity index (χ0n) is 17.1. The van der Waals surface area contributed by atoms with Crippen molar-refractivity contribution in [3.8, 4) is 0 Å². The first-order chi connectivity index (χ1) is 15.2. The Balaban J connectivity index is 1.19. The first-order valence-electron chi connectivity index (χ1n) is 10.8. The SMILES string of the molecule is O=C(c1cnc2c(c1)ncn2C1CC1)N1C[C@@H](Cc2ccc3ccccc3n2)[C@H](O)C1. The van der Waals surface area contributed by atoms with Gasteiger partial charge in [0.05, 0.1) is 23.5 Å². The second-order valence-electron chi connectivity index (χ2n) is 8.69. The van der Waals surface area contributed by atoms with Gasteiger partial charge in [0.1, 0.15) is 5.52 Å².